The normalized spacial score (nSPS) is 34.8. The molecule has 0 aliphatic heterocycles. The minimum Gasteiger partial charge on any atom is -0.392 e. The van der Waals surface area contributed by atoms with E-state index in [1.807, 2.05) is 38.1 Å². The van der Waals surface area contributed by atoms with Gasteiger partial charge in [0.05, 0.1) is 18.8 Å². The van der Waals surface area contributed by atoms with E-state index < -0.39 is 12.2 Å². The molecule has 0 heterocycles. The van der Waals surface area contributed by atoms with Crippen molar-refractivity contribution in [3.05, 3.63) is 35.4 Å². The Balaban J connectivity index is 2.41. The number of hydrogen-bond donors (Lipinski definition) is 3. The first-order valence-corrected chi connectivity index (χ1v) is 6.39. The van der Waals surface area contributed by atoms with E-state index in [0.717, 1.165) is 11.1 Å². The molecule has 1 aromatic rings. The summed E-state index contributed by atoms with van der Waals surface area (Å²) in [5.74, 6) is 0. The van der Waals surface area contributed by atoms with Gasteiger partial charge < -0.3 is 15.3 Å². The van der Waals surface area contributed by atoms with Crippen molar-refractivity contribution in [3.8, 4) is 0 Å². The fraction of sp³-hybridized carbons (Fsp3) is 0.600. The molecule has 0 bridgehead atoms. The first-order valence-electron chi connectivity index (χ1n) is 6.39. The molecule has 3 atom stereocenters. The highest BCUT2D eigenvalue weighted by Crippen LogP contribution is 2.53. The zero-order valence-electron chi connectivity index (χ0n) is 11.2. The Morgan fingerprint density at radius 3 is 2.06 bits per heavy atom. The van der Waals surface area contributed by atoms with Crippen LogP contribution in [0.1, 0.15) is 38.3 Å². The Hall–Kier alpha value is -0.900. The van der Waals surface area contributed by atoms with Crippen LogP contribution < -0.4 is 0 Å². The summed E-state index contributed by atoms with van der Waals surface area (Å²) in [5, 5.41) is 29.1. The Bertz CT molecular complexity index is 424. The van der Waals surface area contributed by atoms with E-state index in [2.05, 4.69) is 6.92 Å². The van der Waals surface area contributed by atoms with Crippen molar-refractivity contribution >= 4 is 0 Å². The monoisotopic (exact) mass is 250 g/mol. The van der Waals surface area contributed by atoms with Crippen LogP contribution in [-0.4, -0.2) is 27.5 Å². The molecule has 2 rings (SSSR count). The van der Waals surface area contributed by atoms with Crippen molar-refractivity contribution in [2.45, 2.75) is 51.4 Å². The van der Waals surface area contributed by atoms with Crippen molar-refractivity contribution < 1.29 is 15.3 Å². The number of benzene rings is 1. The second kappa shape index (κ2) is 4.34. The molecule has 0 unspecified atom stereocenters. The van der Waals surface area contributed by atoms with E-state index >= 15 is 0 Å². The maximum Gasteiger partial charge on any atom is 0.0858 e. The summed E-state index contributed by atoms with van der Waals surface area (Å²) in [6, 6.07) is 7.76. The largest absolute Gasteiger partial charge is 0.392 e. The van der Waals surface area contributed by atoms with Gasteiger partial charge in [0.2, 0.25) is 0 Å². The molecular weight excluding hydrogens is 228 g/mol. The first-order chi connectivity index (χ1) is 8.33. The van der Waals surface area contributed by atoms with Gasteiger partial charge in [0.25, 0.3) is 0 Å². The maximum atomic E-state index is 10.1. The maximum absolute atomic E-state index is 10.1. The van der Waals surface area contributed by atoms with Crippen LogP contribution in [-0.2, 0) is 12.0 Å². The molecule has 3 nitrogen and oxygen atoms in total. The lowest BCUT2D eigenvalue weighted by Crippen LogP contribution is -2.41. The van der Waals surface area contributed by atoms with Crippen molar-refractivity contribution in [2.75, 3.05) is 0 Å². The quantitative estimate of drug-likeness (QED) is 0.747. The summed E-state index contributed by atoms with van der Waals surface area (Å²) in [7, 11) is 0. The lowest BCUT2D eigenvalue weighted by atomic mass is 9.64. The molecule has 1 fully saturated rings. The third kappa shape index (κ3) is 1.78. The Labute approximate surface area is 108 Å². The SMILES string of the molecule is CC1(C)[C@@H](O)[C@@H](O)C[C@]1(C)c1ccc(CO)cc1. The van der Waals surface area contributed by atoms with E-state index in [1.165, 1.54) is 0 Å². The fourth-order valence-corrected chi connectivity index (χ4v) is 3.07. The smallest absolute Gasteiger partial charge is 0.0858 e. The zero-order valence-corrected chi connectivity index (χ0v) is 11.2. The van der Waals surface area contributed by atoms with Crippen LogP contribution in [0.2, 0.25) is 0 Å². The van der Waals surface area contributed by atoms with Crippen LogP contribution in [0.15, 0.2) is 24.3 Å². The molecule has 1 aliphatic rings. The molecule has 0 radical (unpaired) electrons. The Kier molecular flexibility index (Phi) is 3.26. The third-order valence-electron chi connectivity index (χ3n) is 4.92. The standard InChI is InChI=1S/C15H22O3/c1-14(2)13(18)12(17)8-15(14,3)11-6-4-10(9-16)5-7-11/h4-7,12-13,16-18H,8-9H2,1-3H3/t12-,13-,15+/m0/s1. The molecule has 0 spiro atoms. The van der Waals surface area contributed by atoms with Gasteiger partial charge in [-0.1, -0.05) is 45.0 Å². The molecule has 1 aromatic carbocycles. The molecule has 0 aromatic heterocycles. The summed E-state index contributed by atoms with van der Waals surface area (Å²) >= 11 is 0. The summed E-state index contributed by atoms with van der Waals surface area (Å²) in [5.41, 5.74) is 1.33. The molecular formula is C15H22O3. The van der Waals surface area contributed by atoms with Crippen molar-refractivity contribution in [1.82, 2.24) is 0 Å². The number of aliphatic hydroxyl groups excluding tert-OH is 3. The lowest BCUT2D eigenvalue weighted by molar-refractivity contribution is -0.0160. The first kappa shape index (κ1) is 13.5. The minimum atomic E-state index is -0.708. The zero-order chi connectivity index (χ0) is 13.6. The van der Waals surface area contributed by atoms with Crippen LogP contribution in [0.5, 0.6) is 0 Å². The lowest BCUT2D eigenvalue weighted by Gasteiger charge is -2.40. The number of rotatable bonds is 2. The topological polar surface area (TPSA) is 60.7 Å². The van der Waals surface area contributed by atoms with Gasteiger partial charge in [0.1, 0.15) is 0 Å². The molecule has 0 amide bonds. The molecule has 1 saturated carbocycles. The highest BCUT2D eigenvalue weighted by atomic mass is 16.3. The van der Waals surface area contributed by atoms with Crippen LogP contribution in [0.3, 0.4) is 0 Å². The van der Waals surface area contributed by atoms with Crippen LogP contribution in [0, 0.1) is 5.41 Å². The molecule has 1 aliphatic carbocycles. The predicted molar refractivity (Wildman–Crippen MR) is 70.1 cm³/mol. The number of aliphatic hydroxyl groups is 3. The predicted octanol–water partition coefficient (Wildman–Crippen LogP) is 1.59. The molecule has 0 saturated heterocycles. The van der Waals surface area contributed by atoms with Crippen molar-refractivity contribution in [3.63, 3.8) is 0 Å². The van der Waals surface area contributed by atoms with Crippen LogP contribution in [0.25, 0.3) is 0 Å². The average Bonchev–Trinajstić information content (AvgIpc) is 2.51. The molecule has 100 valence electrons. The Morgan fingerprint density at radius 1 is 1.11 bits per heavy atom. The van der Waals surface area contributed by atoms with Crippen LogP contribution in [0.4, 0.5) is 0 Å². The van der Waals surface area contributed by atoms with E-state index in [4.69, 9.17) is 5.11 Å². The van der Waals surface area contributed by atoms with Gasteiger partial charge in [0.15, 0.2) is 0 Å². The molecule has 3 N–H and O–H groups in total. The van der Waals surface area contributed by atoms with E-state index in [-0.39, 0.29) is 17.4 Å². The summed E-state index contributed by atoms with van der Waals surface area (Å²) in [6.07, 6.45) is -0.831. The van der Waals surface area contributed by atoms with Gasteiger partial charge in [0, 0.05) is 10.8 Å². The van der Waals surface area contributed by atoms with Gasteiger partial charge in [-0.3, -0.25) is 0 Å². The minimum absolute atomic E-state index is 0.0334. The highest BCUT2D eigenvalue weighted by molar-refractivity contribution is 5.33. The van der Waals surface area contributed by atoms with Gasteiger partial charge in [-0.2, -0.15) is 0 Å². The van der Waals surface area contributed by atoms with Crippen LogP contribution >= 0.6 is 0 Å². The van der Waals surface area contributed by atoms with E-state index in [0.29, 0.717) is 6.42 Å². The van der Waals surface area contributed by atoms with Crippen molar-refractivity contribution in [1.29, 1.82) is 0 Å². The molecule has 3 heteroatoms. The summed E-state index contributed by atoms with van der Waals surface area (Å²) in [6.45, 7) is 6.10. The van der Waals surface area contributed by atoms with Gasteiger partial charge in [-0.15, -0.1) is 0 Å². The number of hydrogen-bond acceptors (Lipinski definition) is 3. The van der Waals surface area contributed by atoms with Gasteiger partial charge >= 0.3 is 0 Å². The van der Waals surface area contributed by atoms with Gasteiger partial charge in [-0.05, 0) is 17.5 Å². The third-order valence-corrected chi connectivity index (χ3v) is 4.92. The summed E-state index contributed by atoms with van der Waals surface area (Å²) in [4.78, 5) is 0. The van der Waals surface area contributed by atoms with Crippen molar-refractivity contribution in [2.24, 2.45) is 5.41 Å². The second-order valence-electron chi connectivity index (χ2n) is 6.13. The second-order valence-corrected chi connectivity index (χ2v) is 6.13. The van der Waals surface area contributed by atoms with Gasteiger partial charge in [-0.25, -0.2) is 0 Å². The van der Waals surface area contributed by atoms with E-state index in [1.54, 1.807) is 0 Å². The molecule has 18 heavy (non-hydrogen) atoms. The fourth-order valence-electron chi connectivity index (χ4n) is 3.07. The Morgan fingerprint density at radius 2 is 1.67 bits per heavy atom. The highest BCUT2D eigenvalue weighted by Gasteiger charge is 2.56. The van der Waals surface area contributed by atoms with E-state index in [9.17, 15) is 10.2 Å². The summed E-state index contributed by atoms with van der Waals surface area (Å²) < 4.78 is 0. The average molecular weight is 250 g/mol.